The number of hydrogen-bond donors (Lipinski definition) is 1. The molecule has 2 aromatic rings. The SMILES string of the molecule is C[C@H](Oc1ccc2c(Br)cnn2c1)C(C)(C)O. The van der Waals surface area contributed by atoms with Gasteiger partial charge in [-0.15, -0.1) is 0 Å². The van der Waals surface area contributed by atoms with Gasteiger partial charge in [-0.3, -0.25) is 0 Å². The van der Waals surface area contributed by atoms with E-state index in [0.717, 1.165) is 9.99 Å². The van der Waals surface area contributed by atoms with Gasteiger partial charge < -0.3 is 9.84 Å². The lowest BCUT2D eigenvalue weighted by atomic mass is 10.0. The van der Waals surface area contributed by atoms with E-state index in [1.54, 1.807) is 30.8 Å². The number of pyridine rings is 1. The van der Waals surface area contributed by atoms with E-state index >= 15 is 0 Å². The van der Waals surface area contributed by atoms with E-state index in [1.165, 1.54) is 0 Å². The summed E-state index contributed by atoms with van der Waals surface area (Å²) in [4.78, 5) is 0. The summed E-state index contributed by atoms with van der Waals surface area (Å²) >= 11 is 3.41. The predicted molar refractivity (Wildman–Crippen MR) is 69.3 cm³/mol. The summed E-state index contributed by atoms with van der Waals surface area (Å²) in [5.74, 6) is 0.683. The largest absolute Gasteiger partial charge is 0.486 e. The minimum atomic E-state index is -0.875. The van der Waals surface area contributed by atoms with Crippen molar-refractivity contribution in [1.82, 2.24) is 9.61 Å². The number of rotatable bonds is 3. The molecule has 0 aliphatic heterocycles. The van der Waals surface area contributed by atoms with Crippen molar-refractivity contribution in [3.63, 3.8) is 0 Å². The number of aromatic nitrogens is 2. The first kappa shape index (κ1) is 12.4. The topological polar surface area (TPSA) is 46.8 Å². The van der Waals surface area contributed by atoms with E-state index in [4.69, 9.17) is 4.74 Å². The van der Waals surface area contributed by atoms with Gasteiger partial charge in [0.2, 0.25) is 0 Å². The molecular weight excluding hydrogens is 284 g/mol. The molecule has 0 aliphatic rings. The lowest BCUT2D eigenvalue weighted by Crippen LogP contribution is -2.37. The third-order valence-corrected chi connectivity index (χ3v) is 3.36. The molecule has 0 aromatic carbocycles. The molecule has 0 amide bonds. The van der Waals surface area contributed by atoms with Crippen LogP contribution in [-0.4, -0.2) is 26.4 Å². The standard InChI is InChI=1S/C12H15BrN2O2/c1-8(12(2,3)16)17-9-4-5-11-10(13)6-14-15(11)7-9/h4-8,16H,1-3H3/t8-/m0/s1. The van der Waals surface area contributed by atoms with Crippen LogP contribution in [0.25, 0.3) is 5.52 Å². The normalized spacial score (nSPS) is 13.9. The first-order valence-corrected chi connectivity index (χ1v) is 6.19. The quantitative estimate of drug-likeness (QED) is 0.947. The monoisotopic (exact) mass is 298 g/mol. The molecule has 0 fully saturated rings. The molecule has 0 radical (unpaired) electrons. The third kappa shape index (κ3) is 2.61. The van der Waals surface area contributed by atoms with Gasteiger partial charge >= 0.3 is 0 Å². The number of ether oxygens (including phenoxy) is 1. The van der Waals surface area contributed by atoms with Gasteiger partial charge in [0.05, 0.1) is 28.0 Å². The summed E-state index contributed by atoms with van der Waals surface area (Å²) < 4.78 is 8.35. The van der Waals surface area contributed by atoms with Crippen molar-refractivity contribution in [2.45, 2.75) is 32.5 Å². The van der Waals surface area contributed by atoms with Crippen LogP contribution in [-0.2, 0) is 0 Å². The summed E-state index contributed by atoms with van der Waals surface area (Å²) in [6, 6.07) is 3.79. The molecule has 2 heterocycles. The summed E-state index contributed by atoms with van der Waals surface area (Å²) in [7, 11) is 0. The van der Waals surface area contributed by atoms with Crippen molar-refractivity contribution in [1.29, 1.82) is 0 Å². The average molecular weight is 299 g/mol. The van der Waals surface area contributed by atoms with Crippen LogP contribution in [0.4, 0.5) is 0 Å². The van der Waals surface area contributed by atoms with Crippen LogP contribution in [0.15, 0.2) is 29.0 Å². The van der Waals surface area contributed by atoms with Gasteiger partial charge in [0.1, 0.15) is 11.9 Å². The Morgan fingerprint density at radius 2 is 2.18 bits per heavy atom. The van der Waals surface area contributed by atoms with Crippen LogP contribution in [0.2, 0.25) is 0 Å². The van der Waals surface area contributed by atoms with Crippen molar-refractivity contribution in [2.24, 2.45) is 0 Å². The number of nitrogens with zero attached hydrogens (tertiary/aromatic N) is 2. The zero-order chi connectivity index (χ0) is 12.6. The molecule has 4 nitrogen and oxygen atoms in total. The van der Waals surface area contributed by atoms with Crippen LogP contribution < -0.4 is 4.74 Å². The smallest absolute Gasteiger partial charge is 0.138 e. The van der Waals surface area contributed by atoms with E-state index in [9.17, 15) is 5.11 Å². The zero-order valence-corrected chi connectivity index (χ0v) is 11.6. The molecule has 0 unspecified atom stereocenters. The number of halogens is 1. The Morgan fingerprint density at radius 3 is 2.82 bits per heavy atom. The Morgan fingerprint density at radius 1 is 1.47 bits per heavy atom. The van der Waals surface area contributed by atoms with Gasteiger partial charge in [0.15, 0.2) is 0 Å². The minimum absolute atomic E-state index is 0.293. The molecule has 17 heavy (non-hydrogen) atoms. The lowest BCUT2D eigenvalue weighted by Gasteiger charge is -2.26. The Hall–Kier alpha value is -1.07. The van der Waals surface area contributed by atoms with E-state index in [1.807, 2.05) is 19.1 Å². The van der Waals surface area contributed by atoms with Crippen molar-refractivity contribution < 1.29 is 9.84 Å². The first-order valence-electron chi connectivity index (χ1n) is 5.40. The Labute approximate surface area is 108 Å². The molecule has 0 aliphatic carbocycles. The second-order valence-electron chi connectivity index (χ2n) is 4.60. The Kier molecular flexibility index (Phi) is 3.14. The highest BCUT2D eigenvalue weighted by atomic mass is 79.9. The fraction of sp³-hybridized carbons (Fsp3) is 0.417. The molecule has 2 rings (SSSR count). The zero-order valence-electron chi connectivity index (χ0n) is 10.0. The summed E-state index contributed by atoms with van der Waals surface area (Å²) in [6.45, 7) is 5.28. The lowest BCUT2D eigenvalue weighted by molar-refractivity contribution is -0.0243. The summed E-state index contributed by atoms with van der Waals surface area (Å²) in [5.41, 5.74) is 0.105. The van der Waals surface area contributed by atoms with Crippen LogP contribution in [0.5, 0.6) is 5.75 Å². The number of fused-ring (bicyclic) bond motifs is 1. The second-order valence-corrected chi connectivity index (χ2v) is 5.46. The number of hydrogen-bond acceptors (Lipinski definition) is 3. The molecule has 5 heteroatoms. The van der Waals surface area contributed by atoms with Gasteiger partial charge in [-0.25, -0.2) is 4.52 Å². The Bertz CT molecular complexity index is 531. The van der Waals surface area contributed by atoms with Gasteiger partial charge in [-0.05, 0) is 48.8 Å². The van der Waals surface area contributed by atoms with Crippen LogP contribution >= 0.6 is 15.9 Å². The van der Waals surface area contributed by atoms with Crippen molar-refractivity contribution in [3.05, 3.63) is 29.0 Å². The molecule has 0 saturated carbocycles. The van der Waals surface area contributed by atoms with E-state index in [0.29, 0.717) is 5.75 Å². The maximum absolute atomic E-state index is 9.81. The molecule has 0 saturated heterocycles. The van der Waals surface area contributed by atoms with Crippen molar-refractivity contribution in [3.8, 4) is 5.75 Å². The first-order chi connectivity index (χ1) is 7.88. The third-order valence-electron chi connectivity index (χ3n) is 2.75. The molecule has 92 valence electrons. The molecule has 1 atom stereocenters. The molecule has 1 N–H and O–H groups in total. The summed E-state index contributed by atoms with van der Waals surface area (Å²) in [5, 5.41) is 14.0. The maximum Gasteiger partial charge on any atom is 0.138 e. The second kappa shape index (κ2) is 4.31. The van der Waals surface area contributed by atoms with Crippen molar-refractivity contribution >= 4 is 21.4 Å². The van der Waals surface area contributed by atoms with Gasteiger partial charge in [0.25, 0.3) is 0 Å². The molecule has 0 spiro atoms. The average Bonchev–Trinajstić information content (AvgIpc) is 2.59. The highest BCUT2D eigenvalue weighted by Gasteiger charge is 2.24. The fourth-order valence-corrected chi connectivity index (χ4v) is 1.76. The van der Waals surface area contributed by atoms with E-state index in [2.05, 4.69) is 21.0 Å². The van der Waals surface area contributed by atoms with E-state index in [-0.39, 0.29) is 6.10 Å². The van der Waals surface area contributed by atoms with Gasteiger partial charge in [-0.2, -0.15) is 5.10 Å². The van der Waals surface area contributed by atoms with Crippen molar-refractivity contribution in [2.75, 3.05) is 0 Å². The molecule has 0 bridgehead atoms. The molecular formula is C12H15BrN2O2. The predicted octanol–water partition coefficient (Wildman–Crippen LogP) is 2.64. The van der Waals surface area contributed by atoms with E-state index < -0.39 is 5.60 Å². The van der Waals surface area contributed by atoms with Crippen LogP contribution in [0.3, 0.4) is 0 Å². The highest BCUT2D eigenvalue weighted by molar-refractivity contribution is 9.10. The maximum atomic E-state index is 9.81. The Balaban J connectivity index is 2.25. The van der Waals surface area contributed by atoms with Crippen LogP contribution in [0.1, 0.15) is 20.8 Å². The molecule has 2 aromatic heterocycles. The van der Waals surface area contributed by atoms with Gasteiger partial charge in [-0.1, -0.05) is 0 Å². The fourth-order valence-electron chi connectivity index (χ4n) is 1.35. The minimum Gasteiger partial charge on any atom is -0.486 e. The van der Waals surface area contributed by atoms with Crippen LogP contribution in [0, 0.1) is 0 Å². The highest BCUT2D eigenvalue weighted by Crippen LogP contribution is 2.22. The number of aliphatic hydroxyl groups is 1. The summed E-state index contributed by atoms with van der Waals surface area (Å²) in [6.07, 6.45) is 3.24. The van der Waals surface area contributed by atoms with Gasteiger partial charge in [0, 0.05) is 0 Å².